The van der Waals surface area contributed by atoms with Gasteiger partial charge in [-0.2, -0.15) is 0 Å². The third kappa shape index (κ3) is 5.15. The summed E-state index contributed by atoms with van der Waals surface area (Å²) in [4.78, 5) is 13.4. The second-order valence-corrected chi connectivity index (χ2v) is 9.41. The van der Waals surface area contributed by atoms with Crippen LogP contribution in [0.2, 0.25) is 0 Å². The Morgan fingerprint density at radius 3 is 1.65 bits per heavy atom. The molecule has 0 spiro atoms. The van der Waals surface area contributed by atoms with Crippen LogP contribution in [0.3, 0.4) is 0 Å². The molecule has 0 amide bonds. The predicted molar refractivity (Wildman–Crippen MR) is 108 cm³/mol. The summed E-state index contributed by atoms with van der Waals surface area (Å²) in [6.45, 7) is 6.14. The fourth-order valence-corrected chi connectivity index (χ4v) is 6.08. The molecule has 0 saturated heterocycles. The molecule has 0 heterocycles. The molecule has 0 atom stereocenters. The third-order valence-electron chi connectivity index (χ3n) is 5.65. The van der Waals surface area contributed by atoms with E-state index in [0.717, 1.165) is 42.4 Å². The molecule has 2 saturated carbocycles. The molecule has 4 heteroatoms. The quantitative estimate of drug-likeness (QED) is 0.514. The first-order valence-corrected chi connectivity index (χ1v) is 11.5. The van der Waals surface area contributed by atoms with Gasteiger partial charge in [-0.1, -0.05) is 56.2 Å². The van der Waals surface area contributed by atoms with Crippen LogP contribution in [0.1, 0.15) is 91.3 Å². The van der Waals surface area contributed by atoms with Crippen molar-refractivity contribution in [1.29, 1.82) is 0 Å². The van der Waals surface area contributed by atoms with E-state index in [0.29, 0.717) is 0 Å². The largest absolute Gasteiger partial charge is 0.325 e. The molecule has 1 aromatic rings. The molecule has 0 radical (unpaired) electrons. The molecule has 2 fully saturated rings. The average molecular weight is 376 g/mol. The minimum Gasteiger partial charge on any atom is -0.325 e. The van der Waals surface area contributed by atoms with Crippen LogP contribution in [-0.4, -0.2) is 17.7 Å². The van der Waals surface area contributed by atoms with Gasteiger partial charge in [0, 0.05) is 5.56 Å². The first-order valence-electron chi connectivity index (χ1n) is 10.3. The molecule has 0 N–H and O–H groups in total. The van der Waals surface area contributed by atoms with Crippen molar-refractivity contribution in [2.75, 3.05) is 0 Å². The van der Waals surface area contributed by atoms with Gasteiger partial charge < -0.3 is 9.05 Å². The van der Waals surface area contributed by atoms with Gasteiger partial charge >= 0.3 is 0 Å². The van der Waals surface area contributed by atoms with Gasteiger partial charge in [0.1, 0.15) is 0 Å². The molecule has 0 bridgehead atoms. The van der Waals surface area contributed by atoms with Crippen LogP contribution in [0, 0.1) is 20.8 Å². The molecule has 1 aromatic carbocycles. The van der Waals surface area contributed by atoms with Crippen molar-refractivity contribution in [3.05, 3.63) is 34.4 Å². The normalized spacial score (nSPS) is 19.8. The standard InChI is InChI=1S/C22H33O3P/c1-16-14-17(2)21(18(3)15-16)22(23)26(24-19-10-6-4-7-11-19)25-20-12-8-5-9-13-20/h14-15,19-20H,4-13H2,1-3H3. The van der Waals surface area contributed by atoms with Gasteiger partial charge in [0.15, 0.2) is 0 Å². The van der Waals surface area contributed by atoms with Crippen LogP contribution >= 0.6 is 8.38 Å². The van der Waals surface area contributed by atoms with Crippen LogP contribution in [0.4, 0.5) is 0 Å². The molecule has 3 nitrogen and oxygen atoms in total. The van der Waals surface area contributed by atoms with E-state index in [2.05, 4.69) is 19.1 Å². The Morgan fingerprint density at radius 2 is 1.23 bits per heavy atom. The second kappa shape index (κ2) is 9.44. The van der Waals surface area contributed by atoms with Crippen molar-refractivity contribution in [2.24, 2.45) is 0 Å². The number of carbonyl (C=O) groups excluding carboxylic acids is 1. The molecular formula is C22H33O3P. The predicted octanol–water partition coefficient (Wildman–Crippen LogP) is 6.76. The van der Waals surface area contributed by atoms with Crippen molar-refractivity contribution in [1.82, 2.24) is 0 Å². The molecule has 2 aliphatic rings. The number of hydrogen-bond donors (Lipinski definition) is 0. The van der Waals surface area contributed by atoms with Gasteiger partial charge in [0.05, 0.1) is 12.2 Å². The van der Waals surface area contributed by atoms with E-state index in [9.17, 15) is 4.79 Å². The maximum Gasteiger partial charge on any atom is 0.249 e. The Balaban J connectivity index is 1.79. The molecule has 26 heavy (non-hydrogen) atoms. The van der Waals surface area contributed by atoms with E-state index >= 15 is 0 Å². The molecule has 144 valence electrons. The lowest BCUT2D eigenvalue weighted by Gasteiger charge is -2.30. The minimum absolute atomic E-state index is 0.0751. The van der Waals surface area contributed by atoms with E-state index in [1.54, 1.807) is 0 Å². The Labute approximate surface area is 159 Å². The van der Waals surface area contributed by atoms with E-state index in [4.69, 9.17) is 9.05 Å². The summed E-state index contributed by atoms with van der Waals surface area (Å²) in [5.41, 5.74) is 4.17. The van der Waals surface area contributed by atoms with Gasteiger partial charge in [-0.3, -0.25) is 4.79 Å². The van der Waals surface area contributed by atoms with E-state index < -0.39 is 8.38 Å². The van der Waals surface area contributed by atoms with Crippen molar-refractivity contribution >= 4 is 13.9 Å². The monoisotopic (exact) mass is 376 g/mol. The van der Waals surface area contributed by atoms with Crippen LogP contribution in [-0.2, 0) is 9.05 Å². The molecular weight excluding hydrogens is 343 g/mol. The number of rotatable bonds is 6. The number of hydrogen-bond acceptors (Lipinski definition) is 3. The zero-order valence-corrected chi connectivity index (χ0v) is 17.4. The van der Waals surface area contributed by atoms with Gasteiger partial charge in [0.2, 0.25) is 13.9 Å². The molecule has 0 aliphatic heterocycles. The first-order chi connectivity index (χ1) is 12.5. The van der Waals surface area contributed by atoms with Gasteiger partial charge in [-0.25, -0.2) is 0 Å². The Hall–Kier alpha value is -0.760. The SMILES string of the molecule is Cc1cc(C)c(C(=O)P(OC2CCCCC2)OC2CCCCC2)c(C)c1. The topological polar surface area (TPSA) is 35.5 Å². The summed E-state index contributed by atoms with van der Waals surface area (Å²) >= 11 is 0. The summed E-state index contributed by atoms with van der Waals surface area (Å²) < 4.78 is 12.7. The van der Waals surface area contributed by atoms with E-state index in [1.165, 1.54) is 44.1 Å². The smallest absolute Gasteiger partial charge is 0.249 e. The highest BCUT2D eigenvalue weighted by atomic mass is 31.2. The fourth-order valence-electron chi connectivity index (χ4n) is 4.34. The highest BCUT2D eigenvalue weighted by Gasteiger charge is 2.32. The number of aryl methyl sites for hydroxylation is 3. The lowest BCUT2D eigenvalue weighted by atomic mass is 9.98. The van der Waals surface area contributed by atoms with E-state index in [-0.39, 0.29) is 17.7 Å². The number of carbonyl (C=O) groups is 1. The number of benzene rings is 1. The molecule has 2 aliphatic carbocycles. The maximum atomic E-state index is 13.4. The first kappa shape index (κ1) is 20.0. The molecule has 0 aromatic heterocycles. The van der Waals surface area contributed by atoms with Crippen molar-refractivity contribution < 1.29 is 13.8 Å². The van der Waals surface area contributed by atoms with Crippen molar-refractivity contribution in [3.8, 4) is 0 Å². The highest BCUT2D eigenvalue weighted by Crippen LogP contribution is 2.49. The Morgan fingerprint density at radius 1 is 0.808 bits per heavy atom. The minimum atomic E-state index is -1.52. The average Bonchev–Trinajstić information content (AvgIpc) is 2.62. The highest BCUT2D eigenvalue weighted by molar-refractivity contribution is 7.67. The molecule has 3 rings (SSSR count). The fraction of sp³-hybridized carbons (Fsp3) is 0.682. The Bertz CT molecular complexity index is 573. The van der Waals surface area contributed by atoms with Crippen LogP contribution in [0.15, 0.2) is 12.1 Å². The maximum absolute atomic E-state index is 13.4. The van der Waals surface area contributed by atoms with Gasteiger partial charge in [0.25, 0.3) is 0 Å². The Kier molecular flexibility index (Phi) is 7.26. The summed E-state index contributed by atoms with van der Waals surface area (Å²) in [5.74, 6) is 0. The van der Waals surface area contributed by atoms with Gasteiger partial charge in [-0.05, 0) is 57.6 Å². The zero-order valence-electron chi connectivity index (χ0n) is 16.6. The third-order valence-corrected chi connectivity index (χ3v) is 7.19. The van der Waals surface area contributed by atoms with Crippen LogP contribution < -0.4 is 0 Å². The lowest BCUT2D eigenvalue weighted by Crippen LogP contribution is -2.21. The van der Waals surface area contributed by atoms with Gasteiger partial charge in [-0.15, -0.1) is 0 Å². The van der Waals surface area contributed by atoms with Crippen molar-refractivity contribution in [3.63, 3.8) is 0 Å². The lowest BCUT2D eigenvalue weighted by molar-refractivity contribution is 0.0846. The summed E-state index contributed by atoms with van der Waals surface area (Å²) in [7, 11) is -1.52. The van der Waals surface area contributed by atoms with E-state index in [1.807, 2.05) is 13.8 Å². The van der Waals surface area contributed by atoms with Crippen molar-refractivity contribution in [2.45, 2.75) is 97.2 Å². The summed E-state index contributed by atoms with van der Waals surface area (Å²) in [6.07, 6.45) is 12.0. The summed E-state index contributed by atoms with van der Waals surface area (Å²) in [5, 5.41) is 0. The molecule has 0 unspecified atom stereocenters. The zero-order chi connectivity index (χ0) is 18.5. The van der Waals surface area contributed by atoms with Crippen LogP contribution in [0.5, 0.6) is 0 Å². The summed E-state index contributed by atoms with van der Waals surface area (Å²) in [6, 6.07) is 4.18. The van der Waals surface area contributed by atoms with Crippen LogP contribution in [0.25, 0.3) is 0 Å². The second-order valence-electron chi connectivity index (χ2n) is 8.07.